The molecule has 1 aliphatic carbocycles. The average Bonchev–Trinajstić information content (AvgIpc) is 3.56. The summed E-state index contributed by atoms with van der Waals surface area (Å²) in [5.41, 5.74) is 1.44. The van der Waals surface area contributed by atoms with Crippen LogP contribution in [0.1, 0.15) is 91.0 Å². The van der Waals surface area contributed by atoms with Crippen molar-refractivity contribution in [3.63, 3.8) is 0 Å². The van der Waals surface area contributed by atoms with E-state index in [1.807, 2.05) is 31.5 Å². The molecule has 1 saturated carbocycles. The van der Waals surface area contributed by atoms with Crippen LogP contribution >= 0.6 is 0 Å². The lowest BCUT2D eigenvalue weighted by molar-refractivity contribution is -0.154. The summed E-state index contributed by atoms with van der Waals surface area (Å²) < 4.78 is 18.7. The van der Waals surface area contributed by atoms with Gasteiger partial charge in [0.15, 0.2) is 5.65 Å². The fraction of sp³-hybridized carbons (Fsp3) is 0.733. The minimum atomic E-state index is -0.544. The highest BCUT2D eigenvalue weighted by molar-refractivity contribution is 5.73. The second-order valence-corrected chi connectivity index (χ2v) is 13.0. The summed E-state index contributed by atoms with van der Waals surface area (Å²) in [6.45, 7) is 12.3. The predicted molar refractivity (Wildman–Crippen MR) is 156 cm³/mol. The Morgan fingerprint density at radius 3 is 2.41 bits per heavy atom. The molecule has 4 heterocycles. The topological polar surface area (TPSA) is 119 Å². The molecular formula is C30H46N6O5. The van der Waals surface area contributed by atoms with Gasteiger partial charge in [-0.25, -0.2) is 9.78 Å². The minimum absolute atomic E-state index is 0.121. The third-order valence-electron chi connectivity index (χ3n) is 8.19. The molecule has 2 aromatic rings. The number of carbonyl (C=O) groups excluding carboxylic acids is 2. The van der Waals surface area contributed by atoms with Crippen LogP contribution < -0.4 is 10.6 Å². The smallest absolute Gasteiger partial charge is 0.410 e. The van der Waals surface area contributed by atoms with E-state index < -0.39 is 5.60 Å². The van der Waals surface area contributed by atoms with Crippen LogP contribution in [0.5, 0.6) is 0 Å². The molecule has 1 unspecified atom stereocenters. The van der Waals surface area contributed by atoms with Gasteiger partial charge in [-0.2, -0.15) is 9.61 Å². The lowest BCUT2D eigenvalue weighted by atomic mass is 9.86. The zero-order chi connectivity index (χ0) is 29.1. The number of likely N-dealkylation sites (tertiary alicyclic amines) is 1. The van der Waals surface area contributed by atoms with Crippen molar-refractivity contribution < 1.29 is 23.8 Å². The maximum atomic E-state index is 13.0. The summed E-state index contributed by atoms with van der Waals surface area (Å²) in [4.78, 5) is 31.9. The summed E-state index contributed by atoms with van der Waals surface area (Å²) in [6.07, 6.45) is 7.11. The van der Waals surface area contributed by atoms with Crippen LogP contribution in [0.25, 0.3) is 5.65 Å². The largest absolute Gasteiger partial charge is 0.460 e. The summed E-state index contributed by atoms with van der Waals surface area (Å²) in [5.74, 6) is 1.80. The molecule has 5 rings (SSSR count). The van der Waals surface area contributed by atoms with Gasteiger partial charge in [-0.15, -0.1) is 0 Å². The van der Waals surface area contributed by atoms with Gasteiger partial charge in [-0.3, -0.25) is 4.79 Å². The normalized spacial score (nSPS) is 24.0. The summed E-state index contributed by atoms with van der Waals surface area (Å²) >= 11 is 0. The molecule has 11 nitrogen and oxygen atoms in total. The number of nitrogens with one attached hydrogen (secondary N) is 2. The van der Waals surface area contributed by atoms with Crippen molar-refractivity contribution in [2.45, 2.75) is 109 Å². The number of rotatable bonds is 7. The van der Waals surface area contributed by atoms with Gasteiger partial charge < -0.3 is 29.7 Å². The Bertz CT molecular complexity index is 1210. The molecule has 3 fully saturated rings. The van der Waals surface area contributed by atoms with Crippen LogP contribution in [0.3, 0.4) is 0 Å². The van der Waals surface area contributed by atoms with E-state index in [4.69, 9.17) is 19.2 Å². The van der Waals surface area contributed by atoms with Crippen molar-refractivity contribution in [1.82, 2.24) is 19.5 Å². The molecule has 2 N–H and O–H groups in total. The number of ether oxygens (including phenoxy) is 3. The first-order chi connectivity index (χ1) is 19.6. The third-order valence-corrected chi connectivity index (χ3v) is 8.19. The highest BCUT2D eigenvalue weighted by Gasteiger charge is 2.35. The summed E-state index contributed by atoms with van der Waals surface area (Å²) in [5, 5.41) is 12.0. The van der Waals surface area contributed by atoms with Gasteiger partial charge in [0.25, 0.3) is 0 Å². The first kappa shape index (κ1) is 29.4. The number of amides is 1. The Morgan fingerprint density at radius 2 is 1.73 bits per heavy atom. The van der Waals surface area contributed by atoms with E-state index in [9.17, 15) is 9.59 Å². The summed E-state index contributed by atoms with van der Waals surface area (Å²) in [6, 6.07) is 2.62. The van der Waals surface area contributed by atoms with Crippen molar-refractivity contribution in [1.29, 1.82) is 0 Å². The molecule has 2 aliphatic heterocycles. The predicted octanol–water partition coefficient (Wildman–Crippen LogP) is 4.97. The van der Waals surface area contributed by atoms with E-state index >= 15 is 0 Å². The molecule has 0 radical (unpaired) electrons. The summed E-state index contributed by atoms with van der Waals surface area (Å²) in [7, 11) is 0. The molecule has 1 amide bonds. The maximum absolute atomic E-state index is 13.0. The van der Waals surface area contributed by atoms with Gasteiger partial charge in [0.1, 0.15) is 23.3 Å². The molecular weight excluding hydrogens is 524 g/mol. The van der Waals surface area contributed by atoms with E-state index in [0.29, 0.717) is 31.5 Å². The molecule has 1 atom stereocenters. The van der Waals surface area contributed by atoms with E-state index in [1.54, 1.807) is 4.90 Å². The minimum Gasteiger partial charge on any atom is -0.460 e. The van der Waals surface area contributed by atoms with Gasteiger partial charge in [-0.1, -0.05) is 13.8 Å². The van der Waals surface area contributed by atoms with Crippen molar-refractivity contribution in [3.05, 3.63) is 17.8 Å². The quantitative estimate of drug-likeness (QED) is 0.445. The van der Waals surface area contributed by atoms with E-state index in [0.717, 1.165) is 74.6 Å². The fourth-order valence-electron chi connectivity index (χ4n) is 5.87. The molecule has 0 spiro atoms. The monoisotopic (exact) mass is 570 g/mol. The maximum Gasteiger partial charge on any atom is 0.410 e. The number of fused-ring (bicyclic) bond motifs is 1. The van der Waals surface area contributed by atoms with Crippen molar-refractivity contribution in [2.75, 3.05) is 36.9 Å². The van der Waals surface area contributed by atoms with Crippen LogP contribution in [0.4, 0.5) is 16.4 Å². The first-order valence-corrected chi connectivity index (χ1v) is 15.2. The average molecular weight is 571 g/mol. The van der Waals surface area contributed by atoms with Gasteiger partial charge in [0.05, 0.1) is 18.7 Å². The molecule has 41 heavy (non-hydrogen) atoms. The standard InChI is InChI=1S/C30H46N6O5/c1-19(2)24-17-31-36-26(16-25(34-27(24)36)32-22-11-14-39-15-12-22)33-21-8-6-20(7-9-21)28(37)40-23-10-13-35(18-23)29(38)41-30(3,4)5/h16-17,19-23,33H,6-15,18H2,1-5H3,(H,32,34). The van der Waals surface area contributed by atoms with E-state index in [1.165, 1.54) is 0 Å². The molecule has 3 aliphatic rings. The van der Waals surface area contributed by atoms with Crippen LogP contribution in [0.2, 0.25) is 0 Å². The Hall–Kier alpha value is -3.08. The lowest BCUT2D eigenvalue weighted by Crippen LogP contribution is -2.37. The number of hydrogen-bond donors (Lipinski definition) is 2. The Balaban J connectivity index is 1.17. The Labute approximate surface area is 242 Å². The van der Waals surface area contributed by atoms with Crippen LogP contribution in [-0.2, 0) is 19.0 Å². The number of carbonyl (C=O) groups is 2. The number of esters is 1. The van der Waals surface area contributed by atoms with Gasteiger partial charge in [0.2, 0.25) is 0 Å². The molecule has 0 bridgehead atoms. The second-order valence-electron chi connectivity index (χ2n) is 13.0. The zero-order valence-electron chi connectivity index (χ0n) is 25.1. The van der Waals surface area contributed by atoms with Crippen molar-refractivity contribution in [2.24, 2.45) is 5.92 Å². The SMILES string of the molecule is CC(C)c1cnn2c(NC3CCC(C(=O)OC4CCN(C(=O)OC(C)(C)C)C4)CC3)cc(NC3CCOCC3)nc12. The second kappa shape index (κ2) is 12.4. The molecule has 2 aromatic heterocycles. The highest BCUT2D eigenvalue weighted by atomic mass is 16.6. The number of nitrogens with zero attached hydrogens (tertiary/aromatic N) is 4. The highest BCUT2D eigenvalue weighted by Crippen LogP contribution is 2.31. The first-order valence-electron chi connectivity index (χ1n) is 15.2. The van der Waals surface area contributed by atoms with Crippen LogP contribution in [-0.4, -0.2) is 81.7 Å². The zero-order valence-corrected chi connectivity index (χ0v) is 25.1. The van der Waals surface area contributed by atoms with E-state index in [-0.39, 0.29) is 30.1 Å². The van der Waals surface area contributed by atoms with Gasteiger partial charge in [0, 0.05) is 49.9 Å². The molecule has 2 saturated heterocycles. The fourth-order valence-corrected chi connectivity index (χ4v) is 5.87. The Morgan fingerprint density at radius 1 is 1.02 bits per heavy atom. The lowest BCUT2D eigenvalue weighted by Gasteiger charge is -2.30. The molecule has 226 valence electrons. The third kappa shape index (κ3) is 7.42. The molecule has 11 heteroatoms. The Kier molecular flexibility index (Phi) is 8.91. The van der Waals surface area contributed by atoms with Crippen molar-refractivity contribution in [3.8, 4) is 0 Å². The van der Waals surface area contributed by atoms with E-state index in [2.05, 4.69) is 35.6 Å². The van der Waals surface area contributed by atoms with Crippen LogP contribution in [0.15, 0.2) is 12.3 Å². The van der Waals surface area contributed by atoms with Gasteiger partial charge in [-0.05, 0) is 65.2 Å². The number of anilines is 2. The van der Waals surface area contributed by atoms with Crippen LogP contribution in [0, 0.1) is 5.92 Å². The van der Waals surface area contributed by atoms with Gasteiger partial charge >= 0.3 is 12.1 Å². The molecule has 0 aromatic carbocycles. The van der Waals surface area contributed by atoms with Crippen molar-refractivity contribution >= 4 is 29.3 Å². The number of hydrogen-bond acceptors (Lipinski definition) is 9. The number of aromatic nitrogens is 3.